The maximum Gasteiger partial charge on any atom is 0.243 e. The van der Waals surface area contributed by atoms with Gasteiger partial charge in [0.1, 0.15) is 0 Å². The average Bonchev–Trinajstić information content (AvgIpc) is 2.85. The standard InChI is InChI=1S/C11H11BrN2O/c12-8-2-1-3-9(6-8)14-10(15)7-11(13-14)4-5-11/h1-3,6,13H,4-5,7H2. The third kappa shape index (κ3) is 1.58. The molecule has 1 spiro atoms. The fourth-order valence-electron chi connectivity index (χ4n) is 1.97. The first kappa shape index (κ1) is 9.36. The minimum absolute atomic E-state index is 0.0966. The molecule has 3 nitrogen and oxygen atoms in total. The molecule has 1 aliphatic carbocycles. The molecule has 1 aliphatic heterocycles. The van der Waals surface area contributed by atoms with Gasteiger partial charge >= 0.3 is 0 Å². The van der Waals surface area contributed by atoms with Crippen LogP contribution in [0.5, 0.6) is 0 Å². The zero-order chi connectivity index (χ0) is 10.5. The second-order valence-electron chi connectivity index (χ2n) is 4.28. The molecule has 0 atom stereocenters. The van der Waals surface area contributed by atoms with E-state index in [4.69, 9.17) is 0 Å². The van der Waals surface area contributed by atoms with Gasteiger partial charge in [-0.05, 0) is 31.0 Å². The molecule has 0 bridgehead atoms. The highest BCUT2D eigenvalue weighted by atomic mass is 79.9. The highest BCUT2D eigenvalue weighted by Gasteiger charge is 2.52. The van der Waals surface area contributed by atoms with E-state index in [9.17, 15) is 4.79 Å². The molecule has 2 fully saturated rings. The Morgan fingerprint density at radius 2 is 2.20 bits per heavy atom. The predicted octanol–water partition coefficient (Wildman–Crippen LogP) is 2.22. The van der Waals surface area contributed by atoms with Crippen molar-refractivity contribution in [3.63, 3.8) is 0 Å². The molecule has 0 unspecified atom stereocenters. The molecule has 0 aromatic heterocycles. The van der Waals surface area contributed by atoms with E-state index in [1.165, 1.54) is 0 Å². The van der Waals surface area contributed by atoms with Gasteiger partial charge in [-0.3, -0.25) is 4.79 Å². The molecule has 4 heteroatoms. The number of nitrogens with zero attached hydrogens (tertiary/aromatic N) is 1. The van der Waals surface area contributed by atoms with Gasteiger partial charge in [0.25, 0.3) is 0 Å². The topological polar surface area (TPSA) is 32.3 Å². The Morgan fingerprint density at radius 3 is 2.80 bits per heavy atom. The maximum atomic E-state index is 11.8. The van der Waals surface area contributed by atoms with Crippen LogP contribution in [0.15, 0.2) is 28.7 Å². The van der Waals surface area contributed by atoms with Gasteiger partial charge in [0.05, 0.1) is 5.69 Å². The Bertz CT molecular complexity index is 428. The molecule has 1 N–H and O–H groups in total. The van der Waals surface area contributed by atoms with Crippen molar-refractivity contribution in [1.29, 1.82) is 0 Å². The molecule has 78 valence electrons. The molecule has 3 rings (SSSR count). The third-order valence-electron chi connectivity index (χ3n) is 3.01. The number of hydrogen-bond donors (Lipinski definition) is 1. The van der Waals surface area contributed by atoms with Gasteiger partial charge in [0.15, 0.2) is 0 Å². The fraction of sp³-hybridized carbons (Fsp3) is 0.364. The Kier molecular flexibility index (Phi) is 1.91. The second-order valence-corrected chi connectivity index (χ2v) is 5.19. The Balaban J connectivity index is 1.91. The van der Waals surface area contributed by atoms with Crippen molar-refractivity contribution in [2.75, 3.05) is 5.01 Å². The molecule has 1 saturated heterocycles. The van der Waals surface area contributed by atoms with Crippen LogP contribution in [0.4, 0.5) is 5.69 Å². The predicted molar refractivity (Wildman–Crippen MR) is 61.3 cm³/mol. The summed E-state index contributed by atoms with van der Waals surface area (Å²) in [6.45, 7) is 0. The van der Waals surface area contributed by atoms with Gasteiger partial charge in [-0.2, -0.15) is 0 Å². The molecule has 1 saturated carbocycles. The van der Waals surface area contributed by atoms with Crippen molar-refractivity contribution in [2.45, 2.75) is 24.8 Å². The van der Waals surface area contributed by atoms with Crippen LogP contribution in [0.2, 0.25) is 0 Å². The van der Waals surface area contributed by atoms with Gasteiger partial charge < -0.3 is 0 Å². The van der Waals surface area contributed by atoms with E-state index in [0.29, 0.717) is 6.42 Å². The number of benzene rings is 1. The molecule has 1 aromatic carbocycles. The van der Waals surface area contributed by atoms with Crippen LogP contribution in [0.25, 0.3) is 0 Å². The van der Waals surface area contributed by atoms with E-state index >= 15 is 0 Å². The summed E-state index contributed by atoms with van der Waals surface area (Å²) in [5.74, 6) is 0.172. The molecular weight excluding hydrogens is 256 g/mol. The van der Waals surface area contributed by atoms with E-state index in [-0.39, 0.29) is 11.4 Å². The van der Waals surface area contributed by atoms with Gasteiger partial charge in [-0.15, -0.1) is 0 Å². The van der Waals surface area contributed by atoms with E-state index in [1.54, 1.807) is 5.01 Å². The lowest BCUT2D eigenvalue weighted by Crippen LogP contribution is -2.38. The summed E-state index contributed by atoms with van der Waals surface area (Å²) in [5.41, 5.74) is 4.31. The van der Waals surface area contributed by atoms with E-state index in [2.05, 4.69) is 21.4 Å². The number of nitrogens with one attached hydrogen (secondary N) is 1. The molecule has 1 aromatic rings. The normalized spacial score (nSPS) is 22.5. The van der Waals surface area contributed by atoms with E-state index in [1.807, 2.05) is 24.3 Å². The van der Waals surface area contributed by atoms with Crippen LogP contribution in [0, 0.1) is 0 Å². The molecule has 1 amide bonds. The fourth-order valence-corrected chi connectivity index (χ4v) is 2.36. The van der Waals surface area contributed by atoms with Crippen molar-refractivity contribution in [2.24, 2.45) is 0 Å². The highest BCUT2D eigenvalue weighted by Crippen LogP contribution is 2.43. The molecule has 1 heterocycles. The quantitative estimate of drug-likeness (QED) is 0.846. The summed E-state index contributed by atoms with van der Waals surface area (Å²) in [7, 11) is 0. The van der Waals surface area contributed by atoms with Gasteiger partial charge in [0, 0.05) is 16.4 Å². The van der Waals surface area contributed by atoms with Crippen LogP contribution in [-0.4, -0.2) is 11.4 Å². The average molecular weight is 267 g/mol. The summed E-state index contributed by atoms with van der Waals surface area (Å²) in [5, 5.41) is 1.68. The summed E-state index contributed by atoms with van der Waals surface area (Å²) >= 11 is 3.41. The van der Waals surface area contributed by atoms with Gasteiger partial charge in [0.2, 0.25) is 5.91 Å². The van der Waals surface area contributed by atoms with Crippen molar-refractivity contribution >= 4 is 27.5 Å². The monoisotopic (exact) mass is 266 g/mol. The number of amides is 1. The zero-order valence-electron chi connectivity index (χ0n) is 8.16. The first-order valence-electron chi connectivity index (χ1n) is 5.05. The maximum absolute atomic E-state index is 11.8. The van der Waals surface area contributed by atoms with Crippen LogP contribution in [-0.2, 0) is 4.79 Å². The summed E-state index contributed by atoms with van der Waals surface area (Å²) in [6, 6.07) is 7.78. The minimum Gasteiger partial charge on any atom is -0.273 e. The molecule has 2 aliphatic rings. The van der Waals surface area contributed by atoms with Gasteiger partial charge in [-0.25, -0.2) is 10.4 Å². The summed E-state index contributed by atoms with van der Waals surface area (Å²) in [6.07, 6.45) is 2.87. The number of carbonyl (C=O) groups excluding carboxylic acids is 1. The number of hydrazine groups is 1. The zero-order valence-corrected chi connectivity index (χ0v) is 9.75. The Labute approximate surface area is 96.6 Å². The Morgan fingerprint density at radius 1 is 1.40 bits per heavy atom. The highest BCUT2D eigenvalue weighted by molar-refractivity contribution is 9.10. The smallest absolute Gasteiger partial charge is 0.243 e. The number of halogens is 1. The second kappa shape index (κ2) is 3.06. The first-order chi connectivity index (χ1) is 7.19. The minimum atomic E-state index is 0.0966. The number of hydrogen-bond acceptors (Lipinski definition) is 2. The SMILES string of the molecule is O=C1CC2(CC2)NN1c1cccc(Br)c1. The number of carbonyl (C=O) groups is 1. The summed E-state index contributed by atoms with van der Waals surface area (Å²) in [4.78, 5) is 11.8. The number of rotatable bonds is 1. The van der Waals surface area contributed by atoms with E-state index in [0.717, 1.165) is 23.0 Å². The van der Waals surface area contributed by atoms with Crippen molar-refractivity contribution in [3.05, 3.63) is 28.7 Å². The van der Waals surface area contributed by atoms with Crippen molar-refractivity contribution in [3.8, 4) is 0 Å². The lowest BCUT2D eigenvalue weighted by Gasteiger charge is -2.17. The lowest BCUT2D eigenvalue weighted by molar-refractivity contribution is -0.117. The van der Waals surface area contributed by atoms with Crippen LogP contribution >= 0.6 is 15.9 Å². The van der Waals surface area contributed by atoms with E-state index < -0.39 is 0 Å². The molecule has 15 heavy (non-hydrogen) atoms. The van der Waals surface area contributed by atoms with Crippen LogP contribution < -0.4 is 10.4 Å². The Hall–Kier alpha value is -0.870. The third-order valence-corrected chi connectivity index (χ3v) is 3.50. The molecule has 0 radical (unpaired) electrons. The van der Waals surface area contributed by atoms with Gasteiger partial charge in [-0.1, -0.05) is 22.0 Å². The number of anilines is 1. The lowest BCUT2D eigenvalue weighted by atomic mass is 10.2. The molecular formula is C11H11BrN2O. The van der Waals surface area contributed by atoms with Crippen LogP contribution in [0.1, 0.15) is 19.3 Å². The summed E-state index contributed by atoms with van der Waals surface area (Å²) < 4.78 is 0.992. The van der Waals surface area contributed by atoms with Crippen LogP contribution in [0.3, 0.4) is 0 Å². The van der Waals surface area contributed by atoms with Crippen molar-refractivity contribution in [1.82, 2.24) is 5.43 Å². The van der Waals surface area contributed by atoms with Crippen molar-refractivity contribution < 1.29 is 4.79 Å². The first-order valence-corrected chi connectivity index (χ1v) is 5.84. The largest absolute Gasteiger partial charge is 0.273 e.